The molecule has 3 aromatic rings. The van der Waals surface area contributed by atoms with Gasteiger partial charge in [-0.3, -0.25) is 19.3 Å². The van der Waals surface area contributed by atoms with Crippen LogP contribution in [0.4, 0.5) is 11.4 Å². The van der Waals surface area contributed by atoms with Gasteiger partial charge in [0, 0.05) is 18.3 Å². The number of benzene rings is 2. The quantitative estimate of drug-likeness (QED) is 0.595. The highest BCUT2D eigenvalue weighted by molar-refractivity contribution is 6.36. The van der Waals surface area contributed by atoms with Crippen molar-refractivity contribution < 1.29 is 18.8 Å². The molecule has 3 amide bonds. The number of carbonyl (C=O) groups is 3. The van der Waals surface area contributed by atoms with Gasteiger partial charge in [0.05, 0.1) is 18.4 Å². The second-order valence-corrected chi connectivity index (χ2v) is 7.22. The average molecular weight is 415 g/mol. The van der Waals surface area contributed by atoms with Gasteiger partial charge in [-0.15, -0.1) is 0 Å². The second kappa shape index (κ2) is 8.31. The third kappa shape index (κ3) is 4.11. The molecule has 31 heavy (non-hydrogen) atoms. The Labute approximate surface area is 179 Å². The number of imide groups is 1. The number of furan rings is 1. The Kier molecular flexibility index (Phi) is 5.41. The molecular formula is C24H21N3O4. The number of nitrogens with one attached hydrogen (secondary N) is 2. The Morgan fingerprint density at radius 3 is 2.35 bits per heavy atom. The van der Waals surface area contributed by atoms with Crippen LogP contribution < -0.4 is 10.6 Å². The lowest BCUT2D eigenvalue weighted by molar-refractivity contribution is -0.137. The zero-order chi connectivity index (χ0) is 22.0. The fraction of sp³-hybridized carbons (Fsp3) is 0.125. The number of carbonyl (C=O) groups excluding carboxylic acids is 3. The van der Waals surface area contributed by atoms with Crippen molar-refractivity contribution in [3.05, 3.63) is 89.5 Å². The molecule has 2 heterocycles. The molecule has 4 rings (SSSR count). The molecule has 2 aromatic carbocycles. The van der Waals surface area contributed by atoms with Crippen molar-refractivity contribution in [1.82, 2.24) is 4.90 Å². The monoisotopic (exact) mass is 415 g/mol. The summed E-state index contributed by atoms with van der Waals surface area (Å²) in [7, 11) is 0. The molecule has 0 radical (unpaired) electrons. The highest BCUT2D eigenvalue weighted by Crippen LogP contribution is 2.32. The summed E-state index contributed by atoms with van der Waals surface area (Å²) in [5.74, 6) is -0.514. The number of nitrogens with zero attached hydrogens (tertiary/aromatic N) is 1. The molecule has 156 valence electrons. The van der Waals surface area contributed by atoms with E-state index in [-0.39, 0.29) is 23.7 Å². The molecule has 0 saturated heterocycles. The summed E-state index contributed by atoms with van der Waals surface area (Å²) in [5, 5.41) is 5.86. The van der Waals surface area contributed by atoms with Crippen LogP contribution >= 0.6 is 0 Å². The minimum absolute atomic E-state index is 0.0388. The van der Waals surface area contributed by atoms with Gasteiger partial charge in [-0.05, 0) is 48.4 Å². The van der Waals surface area contributed by atoms with Crippen molar-refractivity contribution in [2.75, 3.05) is 10.6 Å². The summed E-state index contributed by atoms with van der Waals surface area (Å²) < 4.78 is 5.33. The molecule has 0 saturated carbocycles. The Morgan fingerprint density at radius 1 is 0.968 bits per heavy atom. The normalized spacial score (nSPS) is 13.7. The summed E-state index contributed by atoms with van der Waals surface area (Å²) in [6.45, 7) is 3.39. The largest absolute Gasteiger partial charge is 0.467 e. The van der Waals surface area contributed by atoms with Crippen LogP contribution in [0.25, 0.3) is 5.57 Å². The van der Waals surface area contributed by atoms with E-state index in [4.69, 9.17) is 4.42 Å². The summed E-state index contributed by atoms with van der Waals surface area (Å²) >= 11 is 0. The predicted molar refractivity (Wildman–Crippen MR) is 117 cm³/mol. The van der Waals surface area contributed by atoms with Gasteiger partial charge in [0.15, 0.2) is 0 Å². The maximum atomic E-state index is 13.3. The minimum Gasteiger partial charge on any atom is -0.467 e. The molecule has 1 aliphatic heterocycles. The first-order valence-electron chi connectivity index (χ1n) is 9.77. The highest BCUT2D eigenvalue weighted by atomic mass is 16.3. The molecule has 0 spiro atoms. The van der Waals surface area contributed by atoms with Gasteiger partial charge in [-0.2, -0.15) is 0 Å². The number of hydrogen-bond donors (Lipinski definition) is 2. The Bertz CT molecular complexity index is 1180. The van der Waals surface area contributed by atoms with E-state index in [9.17, 15) is 14.4 Å². The standard InChI is InChI=1S/C24H21N3O4/c1-15-6-3-4-8-20(15)26-22-21(17-9-11-18(12-10-17)25-16(2)28)23(29)27(24(22)30)14-19-7-5-13-31-19/h3-13,26H,14H2,1-2H3,(H,25,28). The fourth-order valence-electron chi connectivity index (χ4n) is 3.43. The first kappa shape index (κ1) is 20.2. The molecule has 0 fully saturated rings. The molecule has 1 aromatic heterocycles. The number of para-hydroxylation sites is 1. The van der Waals surface area contributed by atoms with Gasteiger partial charge < -0.3 is 15.1 Å². The molecule has 0 aliphatic carbocycles. The van der Waals surface area contributed by atoms with Gasteiger partial charge in [-0.1, -0.05) is 30.3 Å². The van der Waals surface area contributed by atoms with Gasteiger partial charge in [0.1, 0.15) is 11.5 Å². The second-order valence-electron chi connectivity index (χ2n) is 7.22. The van der Waals surface area contributed by atoms with Crippen molar-refractivity contribution in [3.63, 3.8) is 0 Å². The zero-order valence-corrected chi connectivity index (χ0v) is 17.1. The van der Waals surface area contributed by atoms with Gasteiger partial charge in [0.25, 0.3) is 11.8 Å². The smallest absolute Gasteiger partial charge is 0.278 e. The van der Waals surface area contributed by atoms with E-state index < -0.39 is 11.8 Å². The zero-order valence-electron chi connectivity index (χ0n) is 17.1. The molecule has 7 heteroatoms. The topological polar surface area (TPSA) is 91.7 Å². The van der Waals surface area contributed by atoms with Crippen LogP contribution in [-0.2, 0) is 20.9 Å². The third-order valence-electron chi connectivity index (χ3n) is 4.96. The van der Waals surface area contributed by atoms with Crippen LogP contribution in [0.5, 0.6) is 0 Å². The lowest BCUT2D eigenvalue weighted by Gasteiger charge is -2.14. The Morgan fingerprint density at radius 2 is 1.71 bits per heavy atom. The predicted octanol–water partition coefficient (Wildman–Crippen LogP) is 3.94. The molecule has 7 nitrogen and oxygen atoms in total. The molecule has 0 unspecified atom stereocenters. The Hall–Kier alpha value is -4.13. The summed E-state index contributed by atoms with van der Waals surface area (Å²) in [4.78, 5) is 39.0. The highest BCUT2D eigenvalue weighted by Gasteiger charge is 2.39. The number of aryl methyl sites for hydroxylation is 1. The SMILES string of the molecule is CC(=O)Nc1ccc(C2=C(Nc3ccccc3C)C(=O)N(Cc3ccco3)C2=O)cc1. The van der Waals surface area contributed by atoms with Crippen molar-refractivity contribution in [2.45, 2.75) is 20.4 Å². The van der Waals surface area contributed by atoms with Crippen LogP contribution in [-0.4, -0.2) is 22.6 Å². The number of rotatable bonds is 6. The van der Waals surface area contributed by atoms with E-state index in [0.717, 1.165) is 16.2 Å². The molecule has 1 aliphatic rings. The van der Waals surface area contributed by atoms with E-state index in [2.05, 4.69) is 10.6 Å². The lowest BCUT2D eigenvalue weighted by Crippen LogP contribution is -2.31. The summed E-state index contributed by atoms with van der Waals surface area (Å²) in [5.41, 5.74) is 3.35. The maximum Gasteiger partial charge on any atom is 0.278 e. The van der Waals surface area contributed by atoms with Gasteiger partial charge in [0.2, 0.25) is 5.91 Å². The fourth-order valence-corrected chi connectivity index (χ4v) is 3.43. The van der Waals surface area contributed by atoms with Gasteiger partial charge >= 0.3 is 0 Å². The van der Waals surface area contributed by atoms with Crippen LogP contribution in [0.2, 0.25) is 0 Å². The van der Waals surface area contributed by atoms with Crippen LogP contribution in [0, 0.1) is 6.92 Å². The van der Waals surface area contributed by atoms with Crippen LogP contribution in [0.1, 0.15) is 23.8 Å². The van der Waals surface area contributed by atoms with E-state index in [0.29, 0.717) is 17.0 Å². The maximum absolute atomic E-state index is 13.3. The molecule has 0 bridgehead atoms. The van der Waals surface area contributed by atoms with Crippen molar-refractivity contribution in [2.24, 2.45) is 0 Å². The van der Waals surface area contributed by atoms with Crippen molar-refractivity contribution in [1.29, 1.82) is 0 Å². The van der Waals surface area contributed by atoms with Crippen LogP contribution in [0.3, 0.4) is 0 Å². The van der Waals surface area contributed by atoms with Crippen molar-refractivity contribution in [3.8, 4) is 0 Å². The number of anilines is 2. The lowest BCUT2D eigenvalue weighted by atomic mass is 10.0. The average Bonchev–Trinajstić information content (AvgIpc) is 3.33. The number of amides is 3. The third-order valence-corrected chi connectivity index (χ3v) is 4.96. The van der Waals surface area contributed by atoms with E-state index in [1.54, 1.807) is 36.4 Å². The Balaban J connectivity index is 1.74. The molecule has 0 atom stereocenters. The van der Waals surface area contributed by atoms with E-state index in [1.807, 2.05) is 31.2 Å². The summed E-state index contributed by atoms with van der Waals surface area (Å²) in [6.07, 6.45) is 1.50. The van der Waals surface area contributed by atoms with Gasteiger partial charge in [-0.25, -0.2) is 0 Å². The minimum atomic E-state index is -0.425. The number of hydrogen-bond acceptors (Lipinski definition) is 5. The first-order valence-corrected chi connectivity index (χ1v) is 9.77. The molecule has 2 N–H and O–H groups in total. The van der Waals surface area contributed by atoms with E-state index in [1.165, 1.54) is 13.2 Å². The van der Waals surface area contributed by atoms with Crippen LogP contribution in [0.15, 0.2) is 77.0 Å². The summed E-state index contributed by atoms with van der Waals surface area (Å²) in [6, 6.07) is 17.8. The molecular weight excluding hydrogens is 394 g/mol. The first-order chi connectivity index (χ1) is 14.9. The van der Waals surface area contributed by atoms with Crippen molar-refractivity contribution >= 4 is 34.7 Å². The van der Waals surface area contributed by atoms with E-state index >= 15 is 0 Å².